The van der Waals surface area contributed by atoms with Gasteiger partial charge in [-0.2, -0.15) is 18.2 Å². The maximum absolute atomic E-state index is 13.7. The van der Waals surface area contributed by atoms with Crippen molar-refractivity contribution in [2.45, 2.75) is 31.5 Å². The molecule has 2 aliphatic rings. The van der Waals surface area contributed by atoms with E-state index >= 15 is 0 Å². The average molecular weight is 464 g/mol. The van der Waals surface area contributed by atoms with Gasteiger partial charge in [-0.15, -0.1) is 0 Å². The van der Waals surface area contributed by atoms with E-state index in [9.17, 15) is 22.8 Å². The molecule has 0 bridgehead atoms. The predicted molar refractivity (Wildman–Crippen MR) is 114 cm³/mol. The van der Waals surface area contributed by atoms with Crippen LogP contribution in [0.15, 0.2) is 24.4 Å². The van der Waals surface area contributed by atoms with Crippen LogP contribution >= 0.6 is 0 Å². The molecule has 4 rings (SSSR count). The lowest BCUT2D eigenvalue weighted by Crippen LogP contribution is -2.33. The van der Waals surface area contributed by atoms with Gasteiger partial charge in [0.15, 0.2) is 0 Å². The van der Waals surface area contributed by atoms with Crippen molar-refractivity contribution >= 4 is 35.0 Å². The van der Waals surface area contributed by atoms with Crippen LogP contribution in [-0.2, 0) is 26.9 Å². The molecule has 1 aromatic heterocycles. The Morgan fingerprint density at radius 1 is 1.27 bits per heavy atom. The van der Waals surface area contributed by atoms with Crippen LogP contribution in [0.4, 0.5) is 36.3 Å². The third kappa shape index (κ3) is 5.33. The summed E-state index contributed by atoms with van der Waals surface area (Å²) in [5, 5.41) is 11.2. The van der Waals surface area contributed by atoms with E-state index in [2.05, 4.69) is 31.2 Å². The molecular weight excluding hydrogens is 441 g/mol. The van der Waals surface area contributed by atoms with Crippen LogP contribution in [0, 0.1) is 5.92 Å². The number of nitrogens with zero attached hydrogens (tertiary/aromatic N) is 2. The minimum absolute atomic E-state index is 0.0335. The molecule has 4 N–H and O–H groups in total. The summed E-state index contributed by atoms with van der Waals surface area (Å²) >= 11 is 0. The van der Waals surface area contributed by atoms with E-state index in [0.29, 0.717) is 30.9 Å². The quantitative estimate of drug-likeness (QED) is 0.475. The molecule has 3 heterocycles. The molecule has 2 aromatic rings. The molecule has 2 aliphatic heterocycles. The summed E-state index contributed by atoms with van der Waals surface area (Å²) in [6.07, 6.45) is -3.12. The zero-order valence-electron chi connectivity index (χ0n) is 17.8. The maximum atomic E-state index is 13.7. The van der Waals surface area contributed by atoms with Crippen LogP contribution in [0.25, 0.3) is 0 Å². The second-order valence-corrected chi connectivity index (χ2v) is 7.98. The van der Waals surface area contributed by atoms with Crippen LogP contribution in [-0.4, -0.2) is 48.1 Å². The van der Waals surface area contributed by atoms with Crippen molar-refractivity contribution in [2.24, 2.45) is 5.92 Å². The first-order chi connectivity index (χ1) is 15.7. The third-order valence-electron chi connectivity index (χ3n) is 5.61. The van der Waals surface area contributed by atoms with Gasteiger partial charge in [0, 0.05) is 56.2 Å². The lowest BCUT2D eigenvalue weighted by atomic mass is 9.96. The normalized spacial score (nSPS) is 18.5. The lowest BCUT2D eigenvalue weighted by molar-refractivity contribution is -0.137. The minimum Gasteiger partial charge on any atom is -0.385 e. The van der Waals surface area contributed by atoms with Gasteiger partial charge >= 0.3 is 6.18 Å². The highest BCUT2D eigenvalue weighted by Gasteiger charge is 2.37. The number of benzene rings is 1. The number of hydrogen-bond donors (Lipinski definition) is 4. The smallest absolute Gasteiger partial charge is 0.385 e. The van der Waals surface area contributed by atoms with E-state index in [0.717, 1.165) is 11.8 Å². The van der Waals surface area contributed by atoms with E-state index < -0.39 is 17.8 Å². The Morgan fingerprint density at radius 2 is 2.09 bits per heavy atom. The summed E-state index contributed by atoms with van der Waals surface area (Å²) in [6.45, 7) is 0.668. The minimum atomic E-state index is -4.67. The summed E-state index contributed by atoms with van der Waals surface area (Å²) in [5.41, 5.74) is 1.00. The first-order valence-corrected chi connectivity index (χ1v) is 10.4. The number of nitrogens with one attached hydrogen (secondary N) is 4. The number of hydrogen-bond acceptors (Lipinski definition) is 7. The Labute approximate surface area is 187 Å². The van der Waals surface area contributed by atoms with E-state index in [1.54, 1.807) is 18.2 Å². The van der Waals surface area contributed by atoms with Gasteiger partial charge < -0.3 is 26.0 Å². The number of halogens is 3. The molecule has 2 amide bonds. The van der Waals surface area contributed by atoms with Gasteiger partial charge in [0.05, 0.1) is 6.42 Å². The average Bonchev–Trinajstić information content (AvgIpc) is 3.34. The van der Waals surface area contributed by atoms with Gasteiger partial charge in [0.25, 0.3) is 0 Å². The molecular formula is C21H23F3N6O3. The number of anilines is 4. The highest BCUT2D eigenvalue weighted by Crippen LogP contribution is 2.35. The lowest BCUT2D eigenvalue weighted by Gasteiger charge is -2.25. The maximum Gasteiger partial charge on any atom is 0.421 e. The first kappa shape index (κ1) is 22.8. The van der Waals surface area contributed by atoms with E-state index in [1.807, 2.05) is 0 Å². The fourth-order valence-electron chi connectivity index (χ4n) is 3.95. The predicted octanol–water partition coefficient (Wildman–Crippen LogP) is 2.69. The molecule has 1 fully saturated rings. The Morgan fingerprint density at radius 3 is 2.79 bits per heavy atom. The second kappa shape index (κ2) is 9.22. The van der Waals surface area contributed by atoms with Gasteiger partial charge in [0.1, 0.15) is 11.4 Å². The van der Waals surface area contributed by atoms with Crippen LogP contribution in [0.2, 0.25) is 0 Å². The summed E-state index contributed by atoms with van der Waals surface area (Å²) < 4.78 is 46.1. The highest BCUT2D eigenvalue weighted by molar-refractivity contribution is 5.99. The number of fused-ring (bicyclic) bond motifs is 1. The Hall–Kier alpha value is -3.41. The number of aromatic nitrogens is 2. The summed E-state index contributed by atoms with van der Waals surface area (Å²) in [4.78, 5) is 31.1. The van der Waals surface area contributed by atoms with Crippen molar-refractivity contribution in [1.82, 2.24) is 15.3 Å². The Kier molecular flexibility index (Phi) is 6.36. The summed E-state index contributed by atoms with van der Waals surface area (Å²) in [6, 6.07) is 4.63. The number of alkyl halides is 3. The monoisotopic (exact) mass is 464 g/mol. The van der Waals surface area contributed by atoms with Crippen LogP contribution in [0.3, 0.4) is 0 Å². The summed E-state index contributed by atoms with van der Waals surface area (Å²) in [5.74, 6) is -0.884. The van der Waals surface area contributed by atoms with Crippen molar-refractivity contribution in [3.8, 4) is 0 Å². The number of carbonyl (C=O) groups excluding carboxylic acids is 2. The van der Waals surface area contributed by atoms with E-state index in [4.69, 9.17) is 4.74 Å². The van der Waals surface area contributed by atoms with E-state index in [-0.39, 0.29) is 42.3 Å². The van der Waals surface area contributed by atoms with Gasteiger partial charge in [-0.25, -0.2) is 4.98 Å². The summed E-state index contributed by atoms with van der Waals surface area (Å²) in [7, 11) is 1.50. The molecule has 9 nitrogen and oxygen atoms in total. The fourth-order valence-corrected chi connectivity index (χ4v) is 3.95. The van der Waals surface area contributed by atoms with Crippen molar-refractivity contribution in [3.05, 3.63) is 35.5 Å². The second-order valence-electron chi connectivity index (χ2n) is 7.98. The van der Waals surface area contributed by atoms with Gasteiger partial charge in [-0.3, -0.25) is 9.59 Å². The fraction of sp³-hybridized carbons (Fsp3) is 0.429. The Bertz CT molecular complexity index is 1060. The molecule has 176 valence electrons. The number of methoxy groups -OCH3 is 1. The van der Waals surface area contributed by atoms with Gasteiger partial charge in [-0.1, -0.05) is 0 Å². The molecule has 1 saturated heterocycles. The molecule has 0 spiro atoms. The molecule has 0 radical (unpaired) electrons. The zero-order valence-corrected chi connectivity index (χ0v) is 17.8. The number of rotatable bonds is 8. The molecule has 33 heavy (non-hydrogen) atoms. The van der Waals surface area contributed by atoms with Crippen LogP contribution in [0.5, 0.6) is 0 Å². The topological polar surface area (TPSA) is 117 Å². The molecule has 1 aromatic carbocycles. The Balaban J connectivity index is 1.60. The molecule has 0 aliphatic carbocycles. The third-order valence-corrected chi connectivity index (χ3v) is 5.61. The standard InChI is InChI=1S/C21H23F3N6O3/c1-33-5-4-16(12-8-17(31)25-9-12)29-19-14(21(22,23)24)10-26-20(30-19)27-13-2-3-15-11(6-13)7-18(32)28-15/h2-3,6,10,12,16H,4-5,7-9H2,1H3,(H,25,31)(H,28,32)(H2,26,27,29,30). The molecule has 0 saturated carbocycles. The molecule has 12 heteroatoms. The van der Waals surface area contributed by atoms with Crippen molar-refractivity contribution in [2.75, 3.05) is 36.2 Å². The van der Waals surface area contributed by atoms with E-state index in [1.165, 1.54) is 7.11 Å². The van der Waals surface area contributed by atoms with Crippen molar-refractivity contribution in [3.63, 3.8) is 0 Å². The highest BCUT2D eigenvalue weighted by atomic mass is 19.4. The molecule has 2 atom stereocenters. The van der Waals surface area contributed by atoms with Gasteiger partial charge in [-0.05, 0) is 30.2 Å². The molecule has 2 unspecified atom stereocenters. The number of ether oxygens (including phenoxy) is 1. The largest absolute Gasteiger partial charge is 0.421 e. The number of amides is 2. The van der Waals surface area contributed by atoms with Crippen molar-refractivity contribution < 1.29 is 27.5 Å². The van der Waals surface area contributed by atoms with Crippen LogP contribution in [0.1, 0.15) is 24.0 Å². The first-order valence-electron chi connectivity index (χ1n) is 10.4. The number of carbonyl (C=O) groups is 2. The van der Waals surface area contributed by atoms with Gasteiger partial charge in [0.2, 0.25) is 17.8 Å². The van der Waals surface area contributed by atoms with Crippen LogP contribution < -0.4 is 21.3 Å². The zero-order chi connectivity index (χ0) is 23.6. The van der Waals surface area contributed by atoms with Crippen molar-refractivity contribution in [1.29, 1.82) is 0 Å². The SMILES string of the molecule is COCCC(Nc1nc(Nc2ccc3c(c2)CC(=O)N3)ncc1C(F)(F)F)C1CNC(=O)C1.